The molecule has 3 rings (SSSR count). The molecule has 1 aliphatic heterocycles. The van der Waals surface area contributed by atoms with E-state index < -0.39 is 0 Å². The fraction of sp³-hybridized carbons (Fsp3) is 0.455. The SMILES string of the molecule is CC(=O)N1CCC(CNC(=O)CN(Cc2cncn2C)c2ccc(C#N)cc2)CC1. The number of piperidine rings is 1. The minimum Gasteiger partial charge on any atom is -0.356 e. The first-order chi connectivity index (χ1) is 14.5. The van der Waals surface area contributed by atoms with E-state index in [0.717, 1.165) is 37.3 Å². The van der Waals surface area contributed by atoms with E-state index in [1.54, 1.807) is 31.6 Å². The third kappa shape index (κ3) is 5.60. The quantitative estimate of drug-likeness (QED) is 0.752. The number of anilines is 1. The summed E-state index contributed by atoms with van der Waals surface area (Å²) in [4.78, 5) is 32.1. The van der Waals surface area contributed by atoms with Crippen molar-refractivity contribution in [2.45, 2.75) is 26.3 Å². The van der Waals surface area contributed by atoms with Crippen molar-refractivity contribution in [1.29, 1.82) is 5.26 Å². The Kier molecular flexibility index (Phi) is 7.07. The van der Waals surface area contributed by atoms with Gasteiger partial charge in [-0.25, -0.2) is 4.98 Å². The Hall–Kier alpha value is -3.34. The van der Waals surface area contributed by atoms with Crippen molar-refractivity contribution in [2.75, 3.05) is 31.1 Å². The molecule has 1 fully saturated rings. The Bertz CT molecular complexity index is 906. The number of rotatable bonds is 7. The van der Waals surface area contributed by atoms with Gasteiger partial charge in [-0.2, -0.15) is 5.26 Å². The van der Waals surface area contributed by atoms with Crippen LogP contribution in [0.3, 0.4) is 0 Å². The minimum absolute atomic E-state index is 0.0458. The molecule has 0 radical (unpaired) electrons. The summed E-state index contributed by atoms with van der Waals surface area (Å²) >= 11 is 0. The lowest BCUT2D eigenvalue weighted by Crippen LogP contribution is -2.43. The smallest absolute Gasteiger partial charge is 0.239 e. The summed E-state index contributed by atoms with van der Waals surface area (Å²) < 4.78 is 1.93. The Balaban J connectivity index is 1.59. The maximum atomic E-state index is 12.7. The van der Waals surface area contributed by atoms with Crippen molar-refractivity contribution < 1.29 is 9.59 Å². The number of hydrogen-bond acceptors (Lipinski definition) is 5. The van der Waals surface area contributed by atoms with E-state index in [1.807, 2.05) is 33.5 Å². The average molecular weight is 409 g/mol. The van der Waals surface area contributed by atoms with Crippen LogP contribution >= 0.6 is 0 Å². The van der Waals surface area contributed by atoms with Gasteiger partial charge in [0.25, 0.3) is 0 Å². The summed E-state index contributed by atoms with van der Waals surface area (Å²) in [5.41, 5.74) is 2.45. The van der Waals surface area contributed by atoms with Crippen molar-refractivity contribution in [2.24, 2.45) is 13.0 Å². The highest BCUT2D eigenvalue weighted by atomic mass is 16.2. The molecule has 1 saturated heterocycles. The maximum Gasteiger partial charge on any atom is 0.239 e. The summed E-state index contributed by atoms with van der Waals surface area (Å²) in [6.45, 7) is 4.48. The summed E-state index contributed by atoms with van der Waals surface area (Å²) in [7, 11) is 1.92. The number of carbonyl (C=O) groups is 2. The van der Waals surface area contributed by atoms with Crippen LogP contribution in [0, 0.1) is 17.2 Å². The molecule has 2 aromatic rings. The van der Waals surface area contributed by atoms with Gasteiger partial charge in [0.15, 0.2) is 0 Å². The Morgan fingerprint density at radius 1 is 1.27 bits per heavy atom. The number of nitriles is 1. The standard InChI is InChI=1S/C22H28N6O2/c1-17(29)27-9-7-19(8-10-27)12-25-22(30)15-28(14-21-13-24-16-26(21)2)20-5-3-18(11-23)4-6-20/h3-6,13,16,19H,7-10,12,14-15H2,1-2H3,(H,25,30). The zero-order chi connectivity index (χ0) is 21.5. The fourth-order valence-corrected chi connectivity index (χ4v) is 3.66. The molecule has 0 bridgehead atoms. The number of hydrogen-bond donors (Lipinski definition) is 1. The Labute approximate surface area is 177 Å². The molecule has 30 heavy (non-hydrogen) atoms. The molecular weight excluding hydrogens is 380 g/mol. The lowest BCUT2D eigenvalue weighted by molar-refractivity contribution is -0.130. The molecule has 2 heterocycles. The zero-order valence-corrected chi connectivity index (χ0v) is 17.5. The van der Waals surface area contributed by atoms with Crippen LogP contribution in [0.15, 0.2) is 36.8 Å². The van der Waals surface area contributed by atoms with Gasteiger partial charge in [0.1, 0.15) is 0 Å². The van der Waals surface area contributed by atoms with Crippen LogP contribution in [0.1, 0.15) is 31.0 Å². The van der Waals surface area contributed by atoms with E-state index in [0.29, 0.717) is 24.6 Å². The highest BCUT2D eigenvalue weighted by Gasteiger charge is 2.21. The number of likely N-dealkylation sites (tertiary alicyclic amines) is 1. The molecular formula is C22H28N6O2. The van der Waals surface area contributed by atoms with E-state index >= 15 is 0 Å². The highest BCUT2D eigenvalue weighted by Crippen LogP contribution is 2.19. The minimum atomic E-state index is -0.0458. The monoisotopic (exact) mass is 408 g/mol. The van der Waals surface area contributed by atoms with Crippen molar-refractivity contribution in [1.82, 2.24) is 19.8 Å². The molecule has 0 atom stereocenters. The normalized spacial score (nSPS) is 14.2. The van der Waals surface area contributed by atoms with Gasteiger partial charge in [0.05, 0.1) is 36.7 Å². The third-order valence-electron chi connectivity index (χ3n) is 5.61. The predicted octanol–water partition coefficient (Wildman–Crippen LogP) is 1.67. The summed E-state index contributed by atoms with van der Waals surface area (Å²) in [5, 5.41) is 12.1. The number of nitrogens with one attached hydrogen (secondary N) is 1. The van der Waals surface area contributed by atoms with Crippen LogP contribution in [0.4, 0.5) is 5.69 Å². The van der Waals surface area contributed by atoms with Gasteiger partial charge >= 0.3 is 0 Å². The van der Waals surface area contributed by atoms with Gasteiger partial charge in [-0.15, -0.1) is 0 Å². The topological polar surface area (TPSA) is 94.3 Å². The molecule has 8 nitrogen and oxygen atoms in total. The molecule has 8 heteroatoms. The van der Waals surface area contributed by atoms with Crippen LogP contribution in [0.2, 0.25) is 0 Å². The van der Waals surface area contributed by atoms with Gasteiger partial charge in [-0.1, -0.05) is 0 Å². The van der Waals surface area contributed by atoms with Gasteiger partial charge in [-0.05, 0) is 43.0 Å². The van der Waals surface area contributed by atoms with Gasteiger partial charge < -0.3 is 19.7 Å². The van der Waals surface area contributed by atoms with Gasteiger partial charge in [0.2, 0.25) is 11.8 Å². The number of aryl methyl sites for hydroxylation is 1. The number of imidazole rings is 1. The van der Waals surface area contributed by atoms with E-state index in [-0.39, 0.29) is 18.4 Å². The molecule has 0 saturated carbocycles. The molecule has 158 valence electrons. The molecule has 1 aromatic carbocycles. The molecule has 1 N–H and O–H groups in total. The second kappa shape index (κ2) is 9.92. The number of benzene rings is 1. The van der Waals surface area contributed by atoms with Crippen LogP contribution in [0.25, 0.3) is 0 Å². The van der Waals surface area contributed by atoms with E-state index in [2.05, 4.69) is 16.4 Å². The largest absolute Gasteiger partial charge is 0.356 e. The first kappa shape index (κ1) is 21.4. The van der Waals surface area contributed by atoms with E-state index in [9.17, 15) is 9.59 Å². The Morgan fingerprint density at radius 2 is 1.97 bits per heavy atom. The lowest BCUT2D eigenvalue weighted by Gasteiger charge is -2.31. The molecule has 1 aliphatic rings. The van der Waals surface area contributed by atoms with Crippen LogP contribution < -0.4 is 10.2 Å². The lowest BCUT2D eigenvalue weighted by atomic mass is 9.97. The fourth-order valence-electron chi connectivity index (χ4n) is 3.66. The summed E-state index contributed by atoms with van der Waals surface area (Å²) in [6.07, 6.45) is 5.35. The molecule has 2 amide bonds. The van der Waals surface area contributed by atoms with Gasteiger partial charge in [-0.3, -0.25) is 9.59 Å². The van der Waals surface area contributed by atoms with Crippen LogP contribution in [0.5, 0.6) is 0 Å². The van der Waals surface area contributed by atoms with Crippen LogP contribution in [-0.4, -0.2) is 52.4 Å². The van der Waals surface area contributed by atoms with Crippen molar-refractivity contribution >= 4 is 17.5 Å². The maximum absolute atomic E-state index is 12.7. The molecule has 1 aromatic heterocycles. The third-order valence-corrected chi connectivity index (χ3v) is 5.61. The molecule has 0 aliphatic carbocycles. The first-order valence-electron chi connectivity index (χ1n) is 10.2. The number of amides is 2. The van der Waals surface area contributed by atoms with Crippen molar-refractivity contribution in [3.05, 3.63) is 48.0 Å². The van der Waals surface area contributed by atoms with Crippen molar-refractivity contribution in [3.63, 3.8) is 0 Å². The van der Waals surface area contributed by atoms with Crippen LogP contribution in [-0.2, 0) is 23.2 Å². The van der Waals surface area contributed by atoms with E-state index in [4.69, 9.17) is 5.26 Å². The average Bonchev–Trinajstić information content (AvgIpc) is 3.16. The number of nitrogens with zero attached hydrogens (tertiary/aromatic N) is 5. The number of aromatic nitrogens is 2. The number of carbonyl (C=O) groups excluding carboxylic acids is 2. The second-order valence-corrected chi connectivity index (χ2v) is 7.76. The summed E-state index contributed by atoms with van der Waals surface area (Å²) in [5.74, 6) is 0.464. The zero-order valence-electron chi connectivity index (χ0n) is 17.5. The Morgan fingerprint density at radius 3 is 2.53 bits per heavy atom. The van der Waals surface area contributed by atoms with Gasteiger partial charge in [0, 0.05) is 45.5 Å². The highest BCUT2D eigenvalue weighted by molar-refractivity contribution is 5.81. The van der Waals surface area contributed by atoms with Crippen molar-refractivity contribution in [3.8, 4) is 6.07 Å². The second-order valence-electron chi connectivity index (χ2n) is 7.76. The predicted molar refractivity (Wildman–Crippen MR) is 113 cm³/mol. The molecule has 0 spiro atoms. The molecule has 0 unspecified atom stereocenters. The first-order valence-corrected chi connectivity index (χ1v) is 10.2. The van der Waals surface area contributed by atoms with E-state index in [1.165, 1.54) is 0 Å². The summed E-state index contributed by atoms with van der Waals surface area (Å²) in [6, 6.07) is 9.35.